The first-order valence-corrected chi connectivity index (χ1v) is 12.2. The molecule has 0 bridgehead atoms. The number of hydrogen-bond acceptors (Lipinski definition) is 3. The highest BCUT2D eigenvalue weighted by atomic mass is 19.2. The number of fused-ring (bicyclic) bond motifs is 2. The van der Waals surface area contributed by atoms with E-state index in [1.165, 1.54) is 12.3 Å². The maximum absolute atomic E-state index is 16.2. The summed E-state index contributed by atoms with van der Waals surface area (Å²) in [5.41, 5.74) is 0.656. The van der Waals surface area contributed by atoms with Gasteiger partial charge in [0.25, 0.3) is 0 Å². The number of aromatic nitrogens is 3. The first kappa shape index (κ1) is 24.9. The van der Waals surface area contributed by atoms with Crippen molar-refractivity contribution in [3.05, 3.63) is 59.2 Å². The molecule has 9 heteroatoms. The molecular formula is C28H27F3N4O2. The molecule has 1 aliphatic rings. The van der Waals surface area contributed by atoms with Crippen molar-refractivity contribution in [1.82, 2.24) is 14.8 Å². The maximum atomic E-state index is 16.2. The molecule has 2 aromatic carbocycles. The van der Waals surface area contributed by atoms with Crippen LogP contribution in [0.3, 0.4) is 0 Å². The number of nitrogens with zero attached hydrogens (tertiary/aromatic N) is 3. The third-order valence-corrected chi connectivity index (χ3v) is 7.98. The van der Waals surface area contributed by atoms with Gasteiger partial charge in [-0.2, -0.15) is 10.4 Å². The van der Waals surface area contributed by atoms with E-state index in [1.807, 2.05) is 13.8 Å². The molecule has 2 heterocycles. The Morgan fingerprint density at radius 3 is 2.57 bits per heavy atom. The second-order valence-corrected chi connectivity index (χ2v) is 11.0. The van der Waals surface area contributed by atoms with Crippen LogP contribution in [0.5, 0.6) is 0 Å². The number of rotatable bonds is 5. The fourth-order valence-corrected chi connectivity index (χ4v) is 5.83. The second kappa shape index (κ2) is 8.65. The van der Waals surface area contributed by atoms with Crippen LogP contribution in [0.1, 0.15) is 70.1 Å². The van der Waals surface area contributed by atoms with Crippen molar-refractivity contribution >= 4 is 27.8 Å². The Bertz CT molecular complexity index is 1590. The lowest BCUT2D eigenvalue weighted by Gasteiger charge is -2.36. The molecule has 5 rings (SSSR count). The van der Waals surface area contributed by atoms with E-state index in [9.17, 15) is 23.9 Å². The number of carbonyl (C=O) groups is 1. The molecule has 0 radical (unpaired) electrons. The zero-order valence-electron chi connectivity index (χ0n) is 20.8. The van der Waals surface area contributed by atoms with Crippen molar-refractivity contribution in [2.75, 3.05) is 0 Å². The van der Waals surface area contributed by atoms with Crippen LogP contribution in [0.2, 0.25) is 0 Å². The lowest BCUT2D eigenvalue weighted by molar-refractivity contribution is -0.149. The van der Waals surface area contributed by atoms with Crippen LogP contribution < -0.4 is 0 Å². The minimum absolute atomic E-state index is 0.0978. The average Bonchev–Trinajstić information content (AvgIpc) is 3.45. The molecule has 192 valence electrons. The SMILES string of the molecule is CC(C)(CC#N)c1c([C@H]2CC[C@](C)(C(=O)O)CC2)c2c(F)c3[nH]ncc3cc2n1-c1ccc(F)c(F)c1. The van der Waals surface area contributed by atoms with E-state index in [2.05, 4.69) is 16.3 Å². The Hall–Kier alpha value is -3.80. The topological polar surface area (TPSA) is 94.7 Å². The van der Waals surface area contributed by atoms with Crippen LogP contribution in [-0.2, 0) is 10.2 Å². The Balaban J connectivity index is 1.88. The molecule has 0 saturated heterocycles. The second-order valence-electron chi connectivity index (χ2n) is 11.0. The average molecular weight is 509 g/mol. The van der Waals surface area contributed by atoms with E-state index in [1.54, 1.807) is 17.6 Å². The molecule has 0 aliphatic heterocycles. The summed E-state index contributed by atoms with van der Waals surface area (Å²) in [6, 6.07) is 7.52. The zero-order chi connectivity index (χ0) is 26.7. The molecule has 2 N–H and O–H groups in total. The summed E-state index contributed by atoms with van der Waals surface area (Å²) in [5.74, 6) is -3.59. The Kier molecular flexibility index (Phi) is 5.81. The summed E-state index contributed by atoms with van der Waals surface area (Å²) in [6.07, 6.45) is 3.44. The lowest BCUT2D eigenvalue weighted by Crippen LogP contribution is -2.32. The predicted octanol–water partition coefficient (Wildman–Crippen LogP) is 6.86. The number of carboxylic acid groups (broad SMARTS) is 1. The predicted molar refractivity (Wildman–Crippen MR) is 133 cm³/mol. The smallest absolute Gasteiger partial charge is 0.309 e. The van der Waals surface area contributed by atoms with Crippen molar-refractivity contribution in [3.63, 3.8) is 0 Å². The van der Waals surface area contributed by atoms with E-state index in [0.717, 1.165) is 12.1 Å². The normalized spacial score (nSPS) is 20.4. The molecule has 1 fully saturated rings. The van der Waals surface area contributed by atoms with Gasteiger partial charge in [0, 0.05) is 40.1 Å². The number of aromatic amines is 1. The fraction of sp³-hybridized carbons (Fsp3) is 0.393. The van der Waals surface area contributed by atoms with Crippen LogP contribution in [0.25, 0.3) is 27.5 Å². The fourth-order valence-electron chi connectivity index (χ4n) is 5.83. The number of aliphatic carboxylic acids is 1. The highest BCUT2D eigenvalue weighted by Gasteiger charge is 2.42. The minimum atomic E-state index is -1.04. The number of halogens is 3. The highest BCUT2D eigenvalue weighted by Crippen LogP contribution is 2.50. The summed E-state index contributed by atoms with van der Waals surface area (Å²) in [4.78, 5) is 11.9. The van der Waals surface area contributed by atoms with Gasteiger partial charge in [-0.15, -0.1) is 0 Å². The molecule has 37 heavy (non-hydrogen) atoms. The monoisotopic (exact) mass is 508 g/mol. The summed E-state index contributed by atoms with van der Waals surface area (Å²) in [7, 11) is 0. The van der Waals surface area contributed by atoms with E-state index in [0.29, 0.717) is 58.9 Å². The molecule has 6 nitrogen and oxygen atoms in total. The van der Waals surface area contributed by atoms with Crippen LogP contribution >= 0.6 is 0 Å². The third kappa shape index (κ3) is 3.86. The largest absolute Gasteiger partial charge is 0.481 e. The zero-order valence-corrected chi connectivity index (χ0v) is 20.8. The first-order chi connectivity index (χ1) is 17.5. The van der Waals surface area contributed by atoms with Crippen molar-refractivity contribution in [1.29, 1.82) is 5.26 Å². The van der Waals surface area contributed by atoms with E-state index < -0.39 is 34.3 Å². The van der Waals surface area contributed by atoms with Gasteiger partial charge in [0.15, 0.2) is 17.5 Å². The van der Waals surface area contributed by atoms with E-state index >= 15 is 4.39 Å². The third-order valence-electron chi connectivity index (χ3n) is 7.98. The quantitative estimate of drug-likeness (QED) is 0.308. The van der Waals surface area contributed by atoms with Crippen molar-refractivity contribution in [2.24, 2.45) is 5.41 Å². The van der Waals surface area contributed by atoms with Gasteiger partial charge in [-0.05, 0) is 62.3 Å². The Morgan fingerprint density at radius 1 is 1.24 bits per heavy atom. The molecule has 4 aromatic rings. The van der Waals surface area contributed by atoms with E-state index in [-0.39, 0.29) is 17.9 Å². The molecule has 0 atom stereocenters. The van der Waals surface area contributed by atoms with Gasteiger partial charge in [0.05, 0.1) is 23.2 Å². The standard InChI is InChI=1S/C28H27F3N4O2/c1-27(2,10-11-32)25-21(15-6-8-28(3,9-7-15)26(36)37)22-20(12-16-14-33-34-24(16)23(22)31)35(25)17-4-5-18(29)19(30)13-17/h4-5,12-15H,6-10H2,1-3H3,(H,33,34)(H,36,37)/t15-,28-. The summed E-state index contributed by atoms with van der Waals surface area (Å²) in [6.45, 7) is 5.48. The van der Waals surface area contributed by atoms with Gasteiger partial charge in [-0.25, -0.2) is 13.2 Å². The molecule has 1 saturated carbocycles. The molecule has 0 amide bonds. The summed E-state index contributed by atoms with van der Waals surface area (Å²) < 4.78 is 46.3. The van der Waals surface area contributed by atoms with Gasteiger partial charge < -0.3 is 9.67 Å². The molecule has 0 unspecified atom stereocenters. The molecule has 2 aromatic heterocycles. The van der Waals surface area contributed by atoms with Gasteiger partial charge in [0.2, 0.25) is 0 Å². The molecular weight excluding hydrogens is 481 g/mol. The first-order valence-electron chi connectivity index (χ1n) is 12.2. The number of hydrogen-bond donors (Lipinski definition) is 2. The maximum Gasteiger partial charge on any atom is 0.309 e. The van der Waals surface area contributed by atoms with Gasteiger partial charge in [-0.1, -0.05) is 13.8 Å². The van der Waals surface area contributed by atoms with Crippen LogP contribution in [-0.4, -0.2) is 25.8 Å². The van der Waals surface area contributed by atoms with Crippen molar-refractivity contribution in [3.8, 4) is 11.8 Å². The van der Waals surface area contributed by atoms with Gasteiger partial charge >= 0.3 is 5.97 Å². The van der Waals surface area contributed by atoms with Crippen molar-refractivity contribution in [2.45, 2.75) is 64.2 Å². The number of nitriles is 1. The minimum Gasteiger partial charge on any atom is -0.481 e. The van der Waals surface area contributed by atoms with Crippen molar-refractivity contribution < 1.29 is 23.1 Å². The summed E-state index contributed by atoms with van der Waals surface area (Å²) >= 11 is 0. The molecule has 0 spiro atoms. The molecule has 1 aliphatic carbocycles. The number of nitrogens with one attached hydrogen (secondary N) is 1. The van der Waals surface area contributed by atoms with Gasteiger partial charge in [-0.3, -0.25) is 9.89 Å². The van der Waals surface area contributed by atoms with Crippen LogP contribution in [0.15, 0.2) is 30.5 Å². The Labute approximate surface area is 211 Å². The Morgan fingerprint density at radius 2 is 1.95 bits per heavy atom. The number of benzene rings is 2. The van der Waals surface area contributed by atoms with Gasteiger partial charge in [0.1, 0.15) is 5.52 Å². The van der Waals surface area contributed by atoms with Crippen LogP contribution in [0, 0.1) is 34.2 Å². The summed E-state index contributed by atoms with van der Waals surface area (Å²) in [5, 5.41) is 26.9. The van der Waals surface area contributed by atoms with E-state index in [4.69, 9.17) is 0 Å². The lowest BCUT2D eigenvalue weighted by atomic mass is 9.68. The highest BCUT2D eigenvalue weighted by molar-refractivity contribution is 6.00. The number of H-pyrrole nitrogens is 1. The van der Waals surface area contributed by atoms with Crippen LogP contribution in [0.4, 0.5) is 13.2 Å². The number of carboxylic acids is 1.